The van der Waals surface area contributed by atoms with E-state index in [0.29, 0.717) is 24.3 Å². The van der Waals surface area contributed by atoms with Gasteiger partial charge in [-0.3, -0.25) is 9.69 Å². The number of carbonyl (C=O) groups is 1. The van der Waals surface area contributed by atoms with Gasteiger partial charge in [0, 0.05) is 12.6 Å². The van der Waals surface area contributed by atoms with Gasteiger partial charge in [0.15, 0.2) is 12.6 Å². The number of ether oxygens (including phenoxy) is 1. The van der Waals surface area contributed by atoms with Crippen molar-refractivity contribution in [3.05, 3.63) is 29.8 Å². The van der Waals surface area contributed by atoms with Crippen LogP contribution in [0.4, 0.5) is 0 Å². The minimum Gasteiger partial charge on any atom is -0.484 e. The van der Waals surface area contributed by atoms with E-state index in [4.69, 9.17) is 16.2 Å². The maximum atomic E-state index is 10.7. The topological polar surface area (TPSA) is 106 Å². The predicted molar refractivity (Wildman–Crippen MR) is 94.7 cm³/mol. The van der Waals surface area contributed by atoms with E-state index < -0.39 is 5.91 Å². The first-order valence-electron chi connectivity index (χ1n) is 8.36. The lowest BCUT2D eigenvalue weighted by Gasteiger charge is -2.23. The lowest BCUT2D eigenvalue weighted by molar-refractivity contribution is -0.119. The maximum absolute atomic E-state index is 10.7. The normalized spacial score (nSPS) is 18.5. The third-order valence-corrected chi connectivity index (χ3v) is 4.14. The summed E-state index contributed by atoms with van der Waals surface area (Å²) >= 11 is 0. The van der Waals surface area contributed by atoms with Crippen LogP contribution < -0.4 is 21.5 Å². The van der Waals surface area contributed by atoms with Gasteiger partial charge >= 0.3 is 0 Å². The van der Waals surface area contributed by atoms with E-state index in [1.54, 1.807) is 6.07 Å². The van der Waals surface area contributed by atoms with Crippen LogP contribution in [0, 0.1) is 0 Å². The van der Waals surface area contributed by atoms with Gasteiger partial charge in [0.25, 0.3) is 5.91 Å². The fourth-order valence-corrected chi connectivity index (χ4v) is 2.89. The molecule has 5 N–H and O–H groups in total. The molecule has 0 radical (unpaired) electrons. The second-order valence-corrected chi connectivity index (χ2v) is 5.91. The molecule has 1 heterocycles. The molecule has 0 spiro atoms. The Morgan fingerprint density at radius 3 is 3.04 bits per heavy atom. The van der Waals surface area contributed by atoms with Gasteiger partial charge in [-0.1, -0.05) is 19.1 Å². The molecule has 0 saturated carbocycles. The van der Waals surface area contributed by atoms with Crippen LogP contribution in [0.25, 0.3) is 0 Å². The molecular weight excluding hydrogens is 306 g/mol. The highest BCUT2D eigenvalue weighted by Crippen LogP contribution is 2.16. The van der Waals surface area contributed by atoms with Crippen LogP contribution in [0.5, 0.6) is 5.75 Å². The number of benzene rings is 1. The van der Waals surface area contributed by atoms with Crippen molar-refractivity contribution in [3.63, 3.8) is 0 Å². The zero-order valence-corrected chi connectivity index (χ0v) is 14.2. The van der Waals surface area contributed by atoms with Gasteiger partial charge in [-0.15, -0.1) is 0 Å². The summed E-state index contributed by atoms with van der Waals surface area (Å²) in [4.78, 5) is 17.6. The fraction of sp³-hybridized carbons (Fsp3) is 0.529. The number of hydrogen-bond acceptors (Lipinski definition) is 4. The molecule has 1 amide bonds. The van der Waals surface area contributed by atoms with Crippen molar-refractivity contribution in [1.29, 1.82) is 0 Å². The number of carbonyl (C=O) groups excluding carboxylic acids is 1. The predicted octanol–water partition coefficient (Wildman–Crippen LogP) is 0.439. The van der Waals surface area contributed by atoms with Crippen molar-refractivity contribution in [2.45, 2.75) is 32.4 Å². The maximum Gasteiger partial charge on any atom is 0.255 e. The molecule has 1 aliphatic rings. The third-order valence-electron chi connectivity index (χ3n) is 4.14. The van der Waals surface area contributed by atoms with Crippen molar-refractivity contribution in [3.8, 4) is 5.75 Å². The van der Waals surface area contributed by atoms with Crippen molar-refractivity contribution in [1.82, 2.24) is 10.2 Å². The molecule has 1 atom stereocenters. The van der Waals surface area contributed by atoms with E-state index >= 15 is 0 Å². The first-order valence-corrected chi connectivity index (χ1v) is 8.36. The monoisotopic (exact) mass is 333 g/mol. The highest BCUT2D eigenvalue weighted by Gasteiger charge is 2.22. The summed E-state index contributed by atoms with van der Waals surface area (Å²) in [5.74, 6) is 0.541. The molecule has 7 nitrogen and oxygen atoms in total. The summed E-state index contributed by atoms with van der Waals surface area (Å²) in [6.45, 7) is 5.56. The number of likely N-dealkylation sites (N-methyl/N-ethyl adjacent to an activating group) is 1. The molecule has 1 saturated heterocycles. The molecule has 0 aromatic heterocycles. The number of likely N-dealkylation sites (tertiary alicyclic amines) is 1. The zero-order chi connectivity index (χ0) is 17.4. The molecule has 2 rings (SSSR count). The number of hydrogen-bond donors (Lipinski definition) is 3. The number of nitrogens with one attached hydrogen (secondary N) is 1. The molecule has 1 aliphatic heterocycles. The van der Waals surface area contributed by atoms with E-state index in [1.165, 1.54) is 12.8 Å². The van der Waals surface area contributed by atoms with Crippen LogP contribution in [0.15, 0.2) is 29.3 Å². The van der Waals surface area contributed by atoms with Gasteiger partial charge in [-0.25, -0.2) is 4.99 Å². The van der Waals surface area contributed by atoms with Crippen molar-refractivity contribution < 1.29 is 9.53 Å². The molecule has 1 unspecified atom stereocenters. The van der Waals surface area contributed by atoms with Crippen molar-refractivity contribution in [2.24, 2.45) is 16.5 Å². The molecule has 24 heavy (non-hydrogen) atoms. The number of amides is 1. The van der Waals surface area contributed by atoms with Crippen LogP contribution in [0.1, 0.15) is 25.3 Å². The highest BCUT2D eigenvalue weighted by atomic mass is 16.5. The number of primary amides is 1. The van der Waals surface area contributed by atoms with E-state index in [-0.39, 0.29) is 6.61 Å². The standard InChI is InChI=1S/C17H27N5O2/c1-2-22-8-4-6-14(22)11-21-17(19)20-10-13-5-3-7-15(9-13)24-12-16(18)23/h3,5,7,9,14H,2,4,6,8,10-12H2,1H3,(H2,18,23)(H3,19,20,21). The SMILES string of the molecule is CCN1CCCC1CNC(N)=NCc1cccc(OCC(N)=O)c1. The lowest BCUT2D eigenvalue weighted by atomic mass is 10.2. The molecule has 132 valence electrons. The van der Waals surface area contributed by atoms with Crippen molar-refractivity contribution >= 4 is 11.9 Å². The molecule has 1 aromatic rings. The van der Waals surface area contributed by atoms with Crippen molar-refractivity contribution in [2.75, 3.05) is 26.2 Å². The highest BCUT2D eigenvalue weighted by molar-refractivity contribution is 5.77. The third kappa shape index (κ3) is 5.73. The summed E-state index contributed by atoms with van der Waals surface area (Å²) in [6.07, 6.45) is 2.45. The van der Waals surface area contributed by atoms with Gasteiger partial charge in [0.1, 0.15) is 5.75 Å². The summed E-state index contributed by atoms with van der Waals surface area (Å²) in [5.41, 5.74) is 12.0. The van der Waals surface area contributed by atoms with Crippen LogP contribution in [-0.2, 0) is 11.3 Å². The van der Waals surface area contributed by atoms with E-state index in [0.717, 1.165) is 25.2 Å². The van der Waals surface area contributed by atoms with Crippen LogP contribution in [-0.4, -0.2) is 49.0 Å². The van der Waals surface area contributed by atoms with Gasteiger partial charge < -0.3 is 21.5 Å². The largest absolute Gasteiger partial charge is 0.484 e. The average Bonchev–Trinajstić information content (AvgIpc) is 3.04. The molecule has 0 bridgehead atoms. The second kappa shape index (κ2) is 9.12. The number of guanidine groups is 1. The fourth-order valence-electron chi connectivity index (χ4n) is 2.89. The minimum atomic E-state index is -0.500. The molecule has 7 heteroatoms. The number of aliphatic imine (C=N–C) groups is 1. The van der Waals surface area contributed by atoms with Gasteiger partial charge in [0.05, 0.1) is 6.54 Å². The minimum absolute atomic E-state index is 0.133. The Labute approximate surface area is 143 Å². The van der Waals surface area contributed by atoms with Gasteiger partial charge in [-0.05, 0) is 43.6 Å². The zero-order valence-electron chi connectivity index (χ0n) is 14.2. The smallest absolute Gasteiger partial charge is 0.255 e. The Bertz CT molecular complexity index is 576. The summed E-state index contributed by atoms with van der Waals surface area (Å²) in [7, 11) is 0. The Morgan fingerprint density at radius 1 is 1.46 bits per heavy atom. The average molecular weight is 333 g/mol. The summed E-state index contributed by atoms with van der Waals surface area (Å²) < 4.78 is 5.28. The quantitative estimate of drug-likeness (QED) is 0.473. The summed E-state index contributed by atoms with van der Waals surface area (Å²) in [5, 5.41) is 3.21. The molecular formula is C17H27N5O2. The van der Waals surface area contributed by atoms with E-state index in [9.17, 15) is 4.79 Å². The second-order valence-electron chi connectivity index (χ2n) is 5.91. The Hall–Kier alpha value is -2.28. The number of nitrogens with two attached hydrogens (primary N) is 2. The molecule has 1 aromatic carbocycles. The Morgan fingerprint density at radius 2 is 2.29 bits per heavy atom. The van der Waals surface area contributed by atoms with Gasteiger partial charge in [0.2, 0.25) is 0 Å². The number of rotatable bonds is 8. The van der Waals surface area contributed by atoms with E-state index in [1.807, 2.05) is 18.2 Å². The lowest BCUT2D eigenvalue weighted by Crippen LogP contribution is -2.42. The molecule has 0 aliphatic carbocycles. The van der Waals surface area contributed by atoms with Crippen LogP contribution in [0.3, 0.4) is 0 Å². The van der Waals surface area contributed by atoms with Crippen LogP contribution in [0.2, 0.25) is 0 Å². The first kappa shape index (κ1) is 18.1. The Kier molecular flexibility index (Phi) is 6.87. The van der Waals surface area contributed by atoms with E-state index in [2.05, 4.69) is 22.1 Å². The first-order chi connectivity index (χ1) is 11.6. The molecule has 1 fully saturated rings. The number of nitrogens with zero attached hydrogens (tertiary/aromatic N) is 2. The Balaban J connectivity index is 1.81. The summed E-state index contributed by atoms with van der Waals surface area (Å²) in [6, 6.07) is 7.92. The van der Waals surface area contributed by atoms with Gasteiger partial charge in [-0.2, -0.15) is 0 Å². The van der Waals surface area contributed by atoms with Crippen LogP contribution >= 0.6 is 0 Å².